The maximum Gasteiger partial charge on any atom is 0.336 e. The van der Waals surface area contributed by atoms with Crippen LogP contribution in [0.15, 0.2) is 88.1 Å². The summed E-state index contributed by atoms with van der Waals surface area (Å²) >= 11 is 5.41. The Bertz CT molecular complexity index is 2190. The SMILES string of the molecule is O=C(CCCCCNc1ccc([N+](=O)[O-])cc1[N+](=O)[O-])NCCCNC(=S)Nc1ccc(-c2c3ccc(=O)cc-3oc3ccccc23)c(C(=O)O)c1. The summed E-state index contributed by atoms with van der Waals surface area (Å²) in [5.41, 5.74) is 1.95. The van der Waals surface area contributed by atoms with Crippen LogP contribution >= 0.6 is 12.2 Å². The number of carboxylic acid groups (broad SMARTS) is 1. The number of fused-ring (bicyclic) bond motifs is 2. The predicted molar refractivity (Wildman–Crippen MR) is 200 cm³/mol. The highest BCUT2D eigenvalue weighted by atomic mass is 32.1. The summed E-state index contributed by atoms with van der Waals surface area (Å²) < 4.78 is 5.95. The molecule has 0 bridgehead atoms. The minimum absolute atomic E-state index is 0.0316. The molecule has 0 unspecified atom stereocenters. The molecule has 1 heterocycles. The monoisotopic (exact) mass is 726 g/mol. The van der Waals surface area contributed by atoms with Gasteiger partial charge in [-0.3, -0.25) is 29.8 Å². The van der Waals surface area contributed by atoms with Crippen molar-refractivity contribution in [1.82, 2.24) is 10.6 Å². The minimum Gasteiger partial charge on any atom is -0.478 e. The first-order valence-corrected chi connectivity index (χ1v) is 16.7. The number of amides is 1. The number of thiocarbonyl (C=S) groups is 1. The zero-order chi connectivity index (χ0) is 37.2. The first kappa shape index (κ1) is 36.9. The van der Waals surface area contributed by atoms with Gasteiger partial charge >= 0.3 is 5.97 Å². The molecule has 3 aromatic rings. The Morgan fingerprint density at radius 1 is 0.808 bits per heavy atom. The average Bonchev–Trinajstić information content (AvgIpc) is 3.11. The van der Waals surface area contributed by atoms with Gasteiger partial charge in [-0.15, -0.1) is 0 Å². The summed E-state index contributed by atoms with van der Waals surface area (Å²) in [4.78, 5) is 57.5. The molecule has 0 saturated carbocycles. The Kier molecular flexibility index (Phi) is 12.0. The molecule has 0 spiro atoms. The van der Waals surface area contributed by atoms with Crippen molar-refractivity contribution in [2.24, 2.45) is 0 Å². The molecule has 1 aliphatic heterocycles. The Hall–Kier alpha value is -6.42. The van der Waals surface area contributed by atoms with Crippen molar-refractivity contribution in [3.8, 4) is 22.5 Å². The van der Waals surface area contributed by atoms with Crippen molar-refractivity contribution in [2.45, 2.75) is 32.1 Å². The molecule has 0 fully saturated rings. The second-order valence-corrected chi connectivity index (χ2v) is 12.1. The van der Waals surface area contributed by atoms with Gasteiger partial charge in [0.25, 0.3) is 11.4 Å². The fourth-order valence-corrected chi connectivity index (χ4v) is 5.87. The van der Waals surface area contributed by atoms with Crippen molar-refractivity contribution in [1.29, 1.82) is 0 Å². The van der Waals surface area contributed by atoms with Gasteiger partial charge in [0.1, 0.15) is 17.0 Å². The number of nitrogens with one attached hydrogen (secondary N) is 4. The number of carbonyl (C=O) groups excluding carboxylic acids is 1. The Balaban J connectivity index is 1.05. The van der Waals surface area contributed by atoms with Crippen molar-refractivity contribution in [2.75, 3.05) is 30.3 Å². The van der Waals surface area contributed by atoms with E-state index in [0.717, 1.165) is 6.07 Å². The zero-order valence-electron chi connectivity index (χ0n) is 27.7. The fourth-order valence-electron chi connectivity index (χ4n) is 5.65. The Morgan fingerprint density at radius 2 is 1.58 bits per heavy atom. The highest BCUT2D eigenvalue weighted by Crippen LogP contribution is 2.41. The fraction of sp³-hybridized carbons (Fsp3) is 0.222. The van der Waals surface area contributed by atoms with Gasteiger partial charge in [0.15, 0.2) is 10.5 Å². The number of nitrogens with zero attached hydrogens (tertiary/aromatic N) is 2. The van der Waals surface area contributed by atoms with Gasteiger partial charge in [-0.05, 0) is 73.4 Å². The highest BCUT2D eigenvalue weighted by molar-refractivity contribution is 7.80. The van der Waals surface area contributed by atoms with Crippen molar-refractivity contribution in [3.05, 3.63) is 115 Å². The van der Waals surface area contributed by atoms with Gasteiger partial charge in [0, 0.05) is 60.4 Å². The van der Waals surface area contributed by atoms with Gasteiger partial charge in [0.2, 0.25) is 5.91 Å². The van der Waals surface area contributed by atoms with Gasteiger partial charge in [0.05, 0.1) is 21.5 Å². The molecule has 15 nitrogen and oxygen atoms in total. The molecular weight excluding hydrogens is 692 g/mol. The standard InChI is InChI=1S/C36H34N6O9S/c43-24-12-14-27-32(21-24)51-31-8-4-3-7-26(31)34(27)25-13-10-22(19-28(25)35(45)46)40-36(52)39-18-6-17-38-33(44)9-2-1-5-16-37-29-15-11-23(41(47)48)20-30(29)42(49)50/h3-4,7-8,10-15,19-21,37H,1-2,5-6,9,16-18H2,(H,38,44)(H,45,46)(H2,39,40,52). The lowest BCUT2D eigenvalue weighted by Gasteiger charge is -2.17. The number of non-ortho nitro benzene ring substituents is 1. The molecule has 52 heavy (non-hydrogen) atoms. The average molecular weight is 727 g/mol. The number of hydrogen-bond donors (Lipinski definition) is 5. The van der Waals surface area contributed by atoms with Crippen molar-refractivity contribution < 1.29 is 29.0 Å². The maximum absolute atomic E-state index is 12.5. The largest absolute Gasteiger partial charge is 0.478 e. The number of aromatic carboxylic acids is 1. The van der Waals surface area contributed by atoms with Crippen LogP contribution in [0.5, 0.6) is 0 Å². The molecule has 0 radical (unpaired) electrons. The number of hydrogen-bond acceptors (Lipinski definition) is 10. The topological polar surface area (TPSA) is 219 Å². The normalized spacial score (nSPS) is 10.8. The molecule has 1 amide bonds. The van der Waals surface area contributed by atoms with E-state index in [9.17, 15) is 39.7 Å². The summed E-state index contributed by atoms with van der Waals surface area (Å²) in [6, 6.07) is 20.0. The lowest BCUT2D eigenvalue weighted by atomic mass is 9.90. The summed E-state index contributed by atoms with van der Waals surface area (Å²) in [5, 5.41) is 45.1. The first-order chi connectivity index (χ1) is 25.0. The summed E-state index contributed by atoms with van der Waals surface area (Å²) in [6.07, 6.45) is 2.85. The second kappa shape index (κ2) is 17.0. The minimum atomic E-state index is -1.14. The van der Waals surface area contributed by atoms with Crippen molar-refractivity contribution in [3.63, 3.8) is 0 Å². The number of benzene rings is 4. The predicted octanol–water partition coefficient (Wildman–Crippen LogP) is 6.54. The van der Waals surface area contributed by atoms with E-state index in [0.29, 0.717) is 90.8 Å². The van der Waals surface area contributed by atoms with E-state index < -0.39 is 15.8 Å². The summed E-state index contributed by atoms with van der Waals surface area (Å²) in [7, 11) is 0. The van der Waals surface area contributed by atoms with E-state index in [4.69, 9.17) is 16.6 Å². The molecule has 3 aromatic carbocycles. The molecule has 1 aliphatic carbocycles. The number of unbranched alkanes of at least 4 members (excludes halogenated alkanes) is 2. The third kappa shape index (κ3) is 9.22. The highest BCUT2D eigenvalue weighted by Gasteiger charge is 2.22. The van der Waals surface area contributed by atoms with Gasteiger partial charge in [-0.2, -0.15) is 0 Å². The van der Waals surface area contributed by atoms with E-state index >= 15 is 0 Å². The summed E-state index contributed by atoms with van der Waals surface area (Å²) in [5.74, 6) is -0.900. The first-order valence-electron chi connectivity index (χ1n) is 16.3. The number of nitro benzene ring substituents is 2. The van der Waals surface area contributed by atoms with E-state index in [1.807, 2.05) is 12.1 Å². The van der Waals surface area contributed by atoms with Crippen LogP contribution in [-0.2, 0) is 4.79 Å². The van der Waals surface area contributed by atoms with Crippen LogP contribution in [0.25, 0.3) is 33.4 Å². The van der Waals surface area contributed by atoms with E-state index in [1.54, 1.807) is 30.3 Å². The lowest BCUT2D eigenvalue weighted by molar-refractivity contribution is -0.393. The molecular formula is C36H34N6O9S. The van der Waals surface area contributed by atoms with Gasteiger partial charge < -0.3 is 30.8 Å². The van der Waals surface area contributed by atoms with Crippen LogP contribution in [0.3, 0.4) is 0 Å². The van der Waals surface area contributed by atoms with E-state index in [1.165, 1.54) is 30.3 Å². The molecule has 5 rings (SSSR count). The van der Waals surface area contributed by atoms with E-state index in [2.05, 4.69) is 21.3 Å². The molecule has 0 saturated heterocycles. The van der Waals surface area contributed by atoms with Crippen LogP contribution in [-0.4, -0.2) is 51.6 Å². The molecule has 268 valence electrons. The Labute approximate surface area is 301 Å². The van der Waals surface area contributed by atoms with Crippen LogP contribution in [0.4, 0.5) is 22.7 Å². The van der Waals surface area contributed by atoms with Gasteiger partial charge in [-0.25, -0.2) is 4.79 Å². The number of anilines is 2. The Morgan fingerprint density at radius 3 is 2.35 bits per heavy atom. The molecule has 0 aromatic heterocycles. The smallest absolute Gasteiger partial charge is 0.336 e. The van der Waals surface area contributed by atoms with Crippen molar-refractivity contribution >= 4 is 62.9 Å². The third-order valence-electron chi connectivity index (χ3n) is 8.12. The lowest BCUT2D eigenvalue weighted by Crippen LogP contribution is -2.32. The van der Waals surface area contributed by atoms with Gasteiger partial charge in [-0.1, -0.05) is 30.7 Å². The molecule has 0 atom stereocenters. The van der Waals surface area contributed by atoms with Crippen LogP contribution < -0.4 is 26.7 Å². The van der Waals surface area contributed by atoms with E-state index in [-0.39, 0.29) is 39.1 Å². The number of carboxylic acids is 1. The third-order valence-corrected chi connectivity index (χ3v) is 8.37. The van der Waals surface area contributed by atoms with Crippen LogP contribution in [0.1, 0.15) is 42.5 Å². The second-order valence-electron chi connectivity index (χ2n) is 11.7. The number of nitro groups is 2. The van der Waals surface area contributed by atoms with Crippen LogP contribution in [0, 0.1) is 20.2 Å². The van der Waals surface area contributed by atoms with Crippen LogP contribution in [0.2, 0.25) is 0 Å². The molecule has 2 aliphatic rings. The number of para-hydroxylation sites is 1. The molecule has 5 N–H and O–H groups in total. The maximum atomic E-state index is 12.5. The zero-order valence-corrected chi connectivity index (χ0v) is 28.5. The molecule has 16 heteroatoms. The summed E-state index contributed by atoms with van der Waals surface area (Å²) in [6.45, 7) is 1.27. The number of carbonyl (C=O) groups is 2. The quantitative estimate of drug-likeness (QED) is 0.0240. The number of rotatable bonds is 16.